The summed E-state index contributed by atoms with van der Waals surface area (Å²) in [5.74, 6) is 0. The van der Waals surface area contributed by atoms with Gasteiger partial charge in [0.25, 0.3) is 6.71 Å². The Hall–Kier alpha value is -12.0. The second-order valence-electron chi connectivity index (χ2n) is 25.7. The van der Waals surface area contributed by atoms with Crippen molar-refractivity contribution in [3.05, 3.63) is 339 Å². The first-order valence-corrected chi connectivity index (χ1v) is 32.0. The van der Waals surface area contributed by atoms with Crippen molar-refractivity contribution in [2.24, 2.45) is 0 Å². The summed E-state index contributed by atoms with van der Waals surface area (Å²) in [6, 6.07) is 57.3. The van der Waals surface area contributed by atoms with Crippen LogP contribution in [0.1, 0.15) is 52.4 Å². The van der Waals surface area contributed by atoms with Gasteiger partial charge in [0, 0.05) is 55.8 Å². The van der Waals surface area contributed by atoms with Gasteiger partial charge in [0.15, 0.2) is 0 Å². The van der Waals surface area contributed by atoms with Crippen molar-refractivity contribution < 1.29 is 26.0 Å². The number of benzene rings is 16. The van der Waals surface area contributed by atoms with Crippen LogP contribution in [0.3, 0.4) is 0 Å². The summed E-state index contributed by atoms with van der Waals surface area (Å²) in [7, 11) is 0. The zero-order valence-corrected chi connectivity index (χ0v) is 52.2. The van der Waals surface area contributed by atoms with Crippen molar-refractivity contribution >= 4 is 111 Å². The molecule has 0 bridgehead atoms. The van der Waals surface area contributed by atoms with Gasteiger partial charge in [0.2, 0.25) is 0 Å². The molecule has 2 aliphatic heterocycles. The van der Waals surface area contributed by atoms with Crippen molar-refractivity contribution in [1.82, 2.24) is 4.57 Å². The molecular formula is C92H64BN3. The number of para-hydroxylation sites is 4. The monoisotopic (exact) mass is 1240 g/mol. The second kappa shape index (κ2) is 21.8. The molecule has 2 aliphatic rings. The molecule has 0 amide bonds. The van der Waals surface area contributed by atoms with E-state index in [4.69, 9.17) is 4.11 Å². The average Bonchev–Trinajstić information content (AvgIpc) is 0.956. The van der Waals surface area contributed by atoms with Gasteiger partial charge < -0.3 is 14.4 Å². The second-order valence-corrected chi connectivity index (χ2v) is 25.7. The van der Waals surface area contributed by atoms with Crippen LogP contribution in [0.4, 0.5) is 34.1 Å². The number of aromatic nitrogens is 1. The van der Waals surface area contributed by atoms with Crippen molar-refractivity contribution in [3.8, 4) is 72.4 Å². The Bertz CT molecular complexity index is 6830. The van der Waals surface area contributed by atoms with Gasteiger partial charge >= 0.3 is 0 Å². The van der Waals surface area contributed by atoms with E-state index in [2.05, 4.69) is 45.0 Å². The van der Waals surface area contributed by atoms with Crippen LogP contribution >= 0.6 is 0 Å². The molecule has 16 aromatic carbocycles. The van der Waals surface area contributed by atoms with Crippen molar-refractivity contribution in [2.45, 2.75) is 26.2 Å². The van der Waals surface area contributed by atoms with Gasteiger partial charge in [-0.1, -0.05) is 306 Å². The molecule has 1 aromatic heterocycles. The van der Waals surface area contributed by atoms with Crippen LogP contribution in [-0.4, -0.2) is 11.3 Å². The molecule has 450 valence electrons. The average molecular weight is 1240 g/mol. The predicted octanol–water partition coefficient (Wildman–Crippen LogP) is 23.1. The van der Waals surface area contributed by atoms with Gasteiger partial charge in [0.05, 0.1) is 54.1 Å². The topological polar surface area (TPSA) is 11.4 Å². The summed E-state index contributed by atoms with van der Waals surface area (Å²) >= 11 is 0. The van der Waals surface area contributed by atoms with E-state index in [1.165, 1.54) is 4.57 Å². The third-order valence-electron chi connectivity index (χ3n) is 19.1. The molecule has 0 fully saturated rings. The number of rotatable bonds is 9. The minimum absolute atomic E-state index is 0.00434. The van der Waals surface area contributed by atoms with Crippen LogP contribution in [0.25, 0.3) is 127 Å². The molecule has 3 nitrogen and oxygen atoms in total. The predicted molar refractivity (Wildman–Crippen MR) is 410 cm³/mol. The van der Waals surface area contributed by atoms with E-state index in [9.17, 15) is 21.9 Å². The van der Waals surface area contributed by atoms with Gasteiger partial charge in [-0.15, -0.1) is 0 Å². The molecule has 0 unspecified atom stereocenters. The van der Waals surface area contributed by atoms with E-state index in [0.717, 1.165) is 37.9 Å². The third-order valence-corrected chi connectivity index (χ3v) is 19.1. The molecule has 17 aromatic rings. The lowest BCUT2D eigenvalue weighted by Gasteiger charge is -2.46. The fourth-order valence-corrected chi connectivity index (χ4v) is 14.9. The van der Waals surface area contributed by atoms with Crippen LogP contribution in [0.5, 0.6) is 0 Å². The Kier molecular flexibility index (Phi) is 8.99. The van der Waals surface area contributed by atoms with Crippen LogP contribution in [0.15, 0.2) is 333 Å². The van der Waals surface area contributed by atoms with E-state index in [-0.39, 0.29) is 89.7 Å². The third kappa shape index (κ3) is 8.75. The van der Waals surface area contributed by atoms with Crippen LogP contribution in [0.2, 0.25) is 0 Å². The molecule has 0 N–H and O–H groups in total. The Morgan fingerprint density at radius 2 is 0.708 bits per heavy atom. The fourth-order valence-electron chi connectivity index (χ4n) is 14.9. The number of fused-ring (bicyclic) bond motifs is 7. The molecule has 19 rings (SSSR count). The Morgan fingerprint density at radius 3 is 1.12 bits per heavy atom. The van der Waals surface area contributed by atoms with Crippen molar-refractivity contribution in [2.75, 3.05) is 9.80 Å². The van der Waals surface area contributed by atoms with Gasteiger partial charge in [-0.05, 0) is 153 Å². The van der Waals surface area contributed by atoms with Gasteiger partial charge in [-0.25, -0.2) is 0 Å². The highest BCUT2D eigenvalue weighted by Crippen LogP contribution is 2.54. The summed E-state index contributed by atoms with van der Waals surface area (Å²) in [4.78, 5) is 3.59. The van der Waals surface area contributed by atoms with Gasteiger partial charge in [-0.2, -0.15) is 0 Å². The Balaban J connectivity index is 1.07. The van der Waals surface area contributed by atoms with Gasteiger partial charge in [0.1, 0.15) is 0 Å². The number of nitrogens with zero attached hydrogens (tertiary/aromatic N) is 3. The first kappa shape index (κ1) is 39.5. The first-order valence-electron chi connectivity index (χ1n) is 41.5. The molecular weight excluding hydrogens is 1160 g/mol. The summed E-state index contributed by atoms with van der Waals surface area (Å²) in [5, 5.41) is 5.14. The number of hydrogen-bond acceptors (Lipinski definition) is 2. The van der Waals surface area contributed by atoms with Crippen LogP contribution in [0, 0.1) is 0 Å². The molecule has 0 saturated carbocycles. The smallest absolute Gasteiger partial charge is 0.252 e. The Labute approximate surface area is 586 Å². The maximum Gasteiger partial charge on any atom is 0.252 e. The highest BCUT2D eigenvalue weighted by atomic mass is 15.2. The summed E-state index contributed by atoms with van der Waals surface area (Å²) in [6.45, 7) is 4.92. The lowest BCUT2D eigenvalue weighted by Crippen LogP contribution is -2.61. The molecule has 96 heavy (non-hydrogen) atoms. The molecule has 3 heterocycles. The normalized spacial score (nSPS) is 15.4. The van der Waals surface area contributed by atoms with Crippen LogP contribution in [-0.2, 0) is 5.41 Å². The minimum Gasteiger partial charge on any atom is -0.310 e. The Morgan fingerprint density at radius 1 is 0.323 bits per heavy atom. The largest absolute Gasteiger partial charge is 0.310 e. The molecule has 0 aliphatic carbocycles. The summed E-state index contributed by atoms with van der Waals surface area (Å²) in [6.07, 6.45) is 0. The van der Waals surface area contributed by atoms with E-state index in [1.54, 1.807) is 17.0 Å². The van der Waals surface area contributed by atoms with E-state index in [1.807, 2.05) is 187 Å². The van der Waals surface area contributed by atoms with E-state index >= 15 is 0 Å². The van der Waals surface area contributed by atoms with Gasteiger partial charge in [-0.3, -0.25) is 0 Å². The molecule has 0 saturated heterocycles. The SMILES string of the molecule is [2H]c1c([2H])c([2H])c(-c2c([2H])c([2H])c3c(c2[2H])B2c4c(cc(-n5c6c([2H])c([2H])c([2H])c([2H])c6c6c([2H])c([2H])c([2H])c([2H])c65)cc4N3c3c(-c4ccccc4)cccc3-c3ccccc3)N(c3c(-c4ccccc4)cccc3-c3ccccc3)c3c([2H])c([2H])c(-c4cc5ccc6cc(C(C)(C)C)cc7ccc(c4)c5c67)c([2H])c32)c([2H])c1[2H]. The minimum atomic E-state index is -1.60. The van der Waals surface area contributed by atoms with Crippen LogP contribution < -0.4 is 26.2 Å². The lowest BCUT2D eigenvalue weighted by molar-refractivity contribution is 0.591. The van der Waals surface area contributed by atoms with E-state index < -0.39 is 121 Å². The number of anilines is 6. The van der Waals surface area contributed by atoms with Crippen molar-refractivity contribution in [3.63, 3.8) is 0 Å². The highest BCUT2D eigenvalue weighted by molar-refractivity contribution is 7.00. The zero-order valence-electron chi connectivity index (χ0n) is 71.2. The maximum atomic E-state index is 11.6. The standard InChI is InChI=1S/C92H64BN3/c1-92(2,3)71-53-68-45-43-66-51-70(52-67-44-46-69(54-71)88(68)87(66)67)65-48-50-84-80(56-65)93-79-55-64(59-25-9-4-10-26-59)47-49-83(79)95(90-73(60-27-11-5-12-28-60)37-23-38-74(90)61-29-13-6-14-30-61)85-57-72(94-81-41-21-19-35-77(81)78-36-20-22-42-82(78)94)58-86(89(85)93)96(84)91-75(62-31-15-7-16-32-62)39-24-40-76(91)63-33-17-8-18-34-63/h4-58H,1-3H3/i4D,9D,10D,19D,20D,21D,22D,25D,26D,35D,36D,41D,42D,47D,48D,49D,50D,55D,56D. The number of hydrogen-bond donors (Lipinski definition) is 0. The highest BCUT2D eigenvalue weighted by Gasteiger charge is 2.46. The summed E-state index contributed by atoms with van der Waals surface area (Å²) in [5.41, 5.74) is 5.68. The molecule has 0 atom stereocenters. The fraction of sp³-hybridized carbons (Fsp3) is 0.0435. The molecule has 0 spiro atoms. The quantitative estimate of drug-likeness (QED) is 0.105. The lowest BCUT2D eigenvalue weighted by atomic mass is 9.33. The molecule has 0 radical (unpaired) electrons. The molecule has 4 heteroatoms. The summed E-state index contributed by atoms with van der Waals surface area (Å²) < 4.78 is 192. The van der Waals surface area contributed by atoms with Crippen molar-refractivity contribution in [1.29, 1.82) is 0 Å². The first-order chi connectivity index (χ1) is 55.2. The zero-order chi connectivity index (χ0) is 80.3. The maximum absolute atomic E-state index is 11.6. The van der Waals surface area contributed by atoms with E-state index in [0.29, 0.717) is 61.4 Å².